The molecule has 0 radical (unpaired) electrons. The standard InChI is InChI=1S/C20H23N5O3S/c1-24(2)12-13-25-15-18(14-21-25)22-20(26)16-8-10-19(11-9-16)29(27,28)23-17-6-4-3-5-7-17/h3-11,14-15,23H,12-13H2,1-2H3,(H,22,26). The van der Waals surface area contributed by atoms with E-state index in [-0.39, 0.29) is 10.8 Å². The van der Waals surface area contributed by atoms with Crippen LogP contribution in [0.25, 0.3) is 0 Å². The zero-order valence-corrected chi connectivity index (χ0v) is 17.1. The number of amides is 1. The molecule has 0 aliphatic rings. The molecule has 29 heavy (non-hydrogen) atoms. The average Bonchev–Trinajstić information content (AvgIpc) is 3.14. The molecule has 0 fully saturated rings. The Labute approximate surface area is 170 Å². The summed E-state index contributed by atoms with van der Waals surface area (Å²) in [4.78, 5) is 14.5. The van der Waals surface area contributed by atoms with Crippen molar-refractivity contribution in [3.63, 3.8) is 0 Å². The van der Waals surface area contributed by atoms with Gasteiger partial charge in [0, 0.05) is 24.0 Å². The minimum Gasteiger partial charge on any atom is -0.319 e. The molecule has 1 amide bonds. The lowest BCUT2D eigenvalue weighted by atomic mass is 10.2. The second kappa shape index (κ2) is 8.89. The van der Waals surface area contributed by atoms with Crippen molar-refractivity contribution >= 4 is 27.3 Å². The number of sulfonamides is 1. The highest BCUT2D eigenvalue weighted by atomic mass is 32.2. The molecule has 0 unspecified atom stereocenters. The molecule has 1 heterocycles. The number of carbonyl (C=O) groups is 1. The van der Waals surface area contributed by atoms with Gasteiger partial charge in [0.2, 0.25) is 0 Å². The third-order valence-electron chi connectivity index (χ3n) is 4.12. The summed E-state index contributed by atoms with van der Waals surface area (Å²) in [5.41, 5.74) is 1.40. The summed E-state index contributed by atoms with van der Waals surface area (Å²) in [6.45, 7) is 1.55. The van der Waals surface area contributed by atoms with E-state index in [1.807, 2.05) is 19.0 Å². The fourth-order valence-electron chi connectivity index (χ4n) is 2.56. The second-order valence-corrected chi connectivity index (χ2v) is 8.43. The first-order valence-corrected chi connectivity index (χ1v) is 10.5. The van der Waals surface area contributed by atoms with Gasteiger partial charge in [0.25, 0.3) is 15.9 Å². The number of nitrogens with one attached hydrogen (secondary N) is 2. The van der Waals surface area contributed by atoms with Crippen LogP contribution in [0.2, 0.25) is 0 Å². The van der Waals surface area contributed by atoms with Crippen molar-refractivity contribution in [1.82, 2.24) is 14.7 Å². The van der Waals surface area contributed by atoms with Gasteiger partial charge < -0.3 is 10.2 Å². The smallest absolute Gasteiger partial charge is 0.261 e. The molecule has 8 nitrogen and oxygen atoms in total. The van der Waals surface area contributed by atoms with E-state index >= 15 is 0 Å². The number of nitrogens with zero attached hydrogens (tertiary/aromatic N) is 3. The summed E-state index contributed by atoms with van der Waals surface area (Å²) in [7, 11) is 0.231. The Morgan fingerprint density at radius 2 is 1.72 bits per heavy atom. The Kier molecular flexibility index (Phi) is 6.30. The number of hydrogen-bond donors (Lipinski definition) is 2. The predicted molar refractivity (Wildman–Crippen MR) is 112 cm³/mol. The van der Waals surface area contributed by atoms with Crippen molar-refractivity contribution < 1.29 is 13.2 Å². The number of benzene rings is 2. The molecule has 152 valence electrons. The topological polar surface area (TPSA) is 96.3 Å². The van der Waals surface area contributed by atoms with Crippen LogP contribution in [0.15, 0.2) is 71.9 Å². The molecule has 9 heteroatoms. The molecule has 0 atom stereocenters. The van der Waals surface area contributed by atoms with E-state index < -0.39 is 10.0 Å². The fraction of sp³-hybridized carbons (Fsp3) is 0.200. The lowest BCUT2D eigenvalue weighted by Gasteiger charge is -2.09. The number of anilines is 2. The highest BCUT2D eigenvalue weighted by Crippen LogP contribution is 2.17. The highest BCUT2D eigenvalue weighted by molar-refractivity contribution is 7.92. The van der Waals surface area contributed by atoms with E-state index in [1.165, 1.54) is 24.3 Å². The molecule has 0 aliphatic heterocycles. The van der Waals surface area contributed by atoms with Gasteiger partial charge in [0.1, 0.15) is 0 Å². The maximum atomic E-state index is 12.5. The summed E-state index contributed by atoms with van der Waals surface area (Å²) >= 11 is 0. The van der Waals surface area contributed by atoms with E-state index in [2.05, 4.69) is 15.1 Å². The van der Waals surface area contributed by atoms with Crippen molar-refractivity contribution in [1.29, 1.82) is 0 Å². The Balaban J connectivity index is 1.64. The maximum Gasteiger partial charge on any atom is 0.261 e. The number of likely N-dealkylation sites (N-methyl/N-ethyl adjacent to an activating group) is 1. The average molecular weight is 414 g/mol. The summed E-state index contributed by atoms with van der Waals surface area (Å²) in [5, 5.41) is 6.97. The van der Waals surface area contributed by atoms with Crippen LogP contribution in [-0.4, -0.2) is 49.6 Å². The van der Waals surface area contributed by atoms with Crippen LogP contribution in [0.4, 0.5) is 11.4 Å². The van der Waals surface area contributed by atoms with Crippen LogP contribution in [-0.2, 0) is 16.6 Å². The van der Waals surface area contributed by atoms with Gasteiger partial charge in [-0.15, -0.1) is 0 Å². The van der Waals surface area contributed by atoms with Crippen molar-refractivity contribution in [2.45, 2.75) is 11.4 Å². The Morgan fingerprint density at radius 3 is 2.38 bits per heavy atom. The van der Waals surface area contributed by atoms with Crippen LogP contribution >= 0.6 is 0 Å². The Morgan fingerprint density at radius 1 is 1.03 bits per heavy atom. The molecular formula is C20H23N5O3S. The molecule has 0 saturated heterocycles. The van der Waals surface area contributed by atoms with E-state index in [4.69, 9.17) is 0 Å². The molecule has 0 saturated carbocycles. The van der Waals surface area contributed by atoms with E-state index in [0.29, 0.717) is 23.5 Å². The van der Waals surface area contributed by atoms with Crippen molar-refractivity contribution in [3.8, 4) is 0 Å². The van der Waals surface area contributed by atoms with E-state index in [9.17, 15) is 13.2 Å². The van der Waals surface area contributed by atoms with Gasteiger partial charge in [-0.3, -0.25) is 14.2 Å². The summed E-state index contributed by atoms with van der Waals surface area (Å²) < 4.78 is 29.2. The monoisotopic (exact) mass is 413 g/mol. The first-order chi connectivity index (χ1) is 13.8. The van der Waals surface area contributed by atoms with Crippen LogP contribution < -0.4 is 10.0 Å². The van der Waals surface area contributed by atoms with Gasteiger partial charge in [-0.1, -0.05) is 18.2 Å². The van der Waals surface area contributed by atoms with E-state index in [0.717, 1.165) is 6.54 Å². The number of para-hydroxylation sites is 1. The first-order valence-electron chi connectivity index (χ1n) is 9.00. The Hall–Kier alpha value is -3.17. The molecule has 3 aromatic rings. The number of hydrogen-bond acceptors (Lipinski definition) is 5. The number of aromatic nitrogens is 2. The van der Waals surface area contributed by atoms with Gasteiger partial charge in [0.05, 0.1) is 23.3 Å². The Bertz CT molecular complexity index is 1060. The summed E-state index contributed by atoms with van der Waals surface area (Å²) in [6, 6.07) is 14.4. The molecule has 2 aromatic carbocycles. The summed E-state index contributed by atoms with van der Waals surface area (Å²) in [6.07, 6.45) is 3.33. The first kappa shape index (κ1) is 20.6. The van der Waals surface area contributed by atoms with Crippen LogP contribution in [0.3, 0.4) is 0 Å². The fourth-order valence-corrected chi connectivity index (χ4v) is 3.62. The van der Waals surface area contributed by atoms with Crippen LogP contribution in [0.1, 0.15) is 10.4 Å². The summed E-state index contributed by atoms with van der Waals surface area (Å²) in [5.74, 6) is -0.336. The molecule has 0 aliphatic carbocycles. The van der Waals surface area contributed by atoms with Crippen LogP contribution in [0.5, 0.6) is 0 Å². The molecular weight excluding hydrogens is 390 g/mol. The quantitative estimate of drug-likeness (QED) is 0.592. The van der Waals surface area contributed by atoms with Crippen molar-refractivity contribution in [3.05, 3.63) is 72.6 Å². The predicted octanol–water partition coefficient (Wildman–Crippen LogP) is 2.50. The molecule has 3 rings (SSSR count). The second-order valence-electron chi connectivity index (χ2n) is 6.75. The third kappa shape index (κ3) is 5.66. The minimum absolute atomic E-state index is 0.0782. The lowest BCUT2D eigenvalue weighted by molar-refractivity contribution is 0.102. The van der Waals surface area contributed by atoms with Gasteiger partial charge in [0.15, 0.2) is 0 Å². The zero-order chi connectivity index (χ0) is 20.9. The van der Waals surface area contributed by atoms with Gasteiger partial charge in [-0.2, -0.15) is 5.10 Å². The molecule has 0 bridgehead atoms. The van der Waals surface area contributed by atoms with Gasteiger partial charge in [-0.25, -0.2) is 8.42 Å². The largest absolute Gasteiger partial charge is 0.319 e. The maximum absolute atomic E-state index is 12.5. The van der Waals surface area contributed by atoms with Crippen molar-refractivity contribution in [2.24, 2.45) is 0 Å². The normalized spacial score (nSPS) is 11.4. The van der Waals surface area contributed by atoms with Gasteiger partial charge in [-0.05, 0) is 50.5 Å². The minimum atomic E-state index is -3.72. The van der Waals surface area contributed by atoms with Gasteiger partial charge >= 0.3 is 0 Å². The molecule has 1 aromatic heterocycles. The zero-order valence-electron chi connectivity index (χ0n) is 16.2. The molecule has 2 N–H and O–H groups in total. The van der Waals surface area contributed by atoms with Crippen molar-refractivity contribution in [2.75, 3.05) is 30.7 Å². The molecule has 0 spiro atoms. The van der Waals surface area contributed by atoms with Crippen LogP contribution in [0, 0.1) is 0 Å². The lowest BCUT2D eigenvalue weighted by Crippen LogP contribution is -2.18. The number of carbonyl (C=O) groups excluding carboxylic acids is 1. The number of rotatable bonds is 8. The SMILES string of the molecule is CN(C)CCn1cc(NC(=O)c2ccc(S(=O)(=O)Nc3ccccc3)cc2)cn1. The highest BCUT2D eigenvalue weighted by Gasteiger charge is 2.15. The third-order valence-corrected chi connectivity index (χ3v) is 5.52. The van der Waals surface area contributed by atoms with E-state index in [1.54, 1.807) is 47.4 Å².